The van der Waals surface area contributed by atoms with Crippen LogP contribution in [0.2, 0.25) is 0 Å². The molecule has 0 amide bonds. The minimum absolute atomic E-state index is 0.107. The van der Waals surface area contributed by atoms with Gasteiger partial charge < -0.3 is 5.73 Å². The zero-order chi connectivity index (χ0) is 11.0. The number of nitrogens with two attached hydrogens (primary N) is 1. The summed E-state index contributed by atoms with van der Waals surface area (Å²) in [5.41, 5.74) is 5.17. The lowest BCUT2D eigenvalue weighted by molar-refractivity contribution is 1.04. The number of hydrogen-bond acceptors (Lipinski definition) is 2. The van der Waals surface area contributed by atoms with Gasteiger partial charge in [0.15, 0.2) is 0 Å². The molecule has 0 aliphatic heterocycles. The molecule has 0 bridgehead atoms. The predicted octanol–water partition coefficient (Wildman–Crippen LogP) is 1.23. The lowest BCUT2D eigenvalue weighted by Crippen LogP contribution is -1.92. The lowest BCUT2D eigenvalue weighted by atomic mass is 10.3. The van der Waals surface area contributed by atoms with Crippen molar-refractivity contribution in [3.05, 3.63) is 23.9 Å². The van der Waals surface area contributed by atoms with Crippen LogP contribution in [0, 0.1) is 0 Å². The van der Waals surface area contributed by atoms with Crippen molar-refractivity contribution in [3.8, 4) is 0 Å². The molecule has 2 N–H and O–H groups in total. The topological polar surface area (TPSA) is 38.9 Å². The summed E-state index contributed by atoms with van der Waals surface area (Å²) in [6.45, 7) is -2.74. The van der Waals surface area contributed by atoms with Crippen LogP contribution in [0.1, 0.15) is 19.4 Å². The summed E-state index contributed by atoms with van der Waals surface area (Å²) in [7, 11) is 0. The van der Waals surface area contributed by atoms with Crippen molar-refractivity contribution in [1.29, 1.82) is 0 Å². The van der Waals surface area contributed by atoms with Gasteiger partial charge in [0.2, 0.25) is 0 Å². The third kappa shape index (κ3) is 1.42. The average Bonchev–Trinajstić information content (AvgIpc) is 2.02. The zero-order valence-electron chi connectivity index (χ0n) is 9.76. The average molecular weight is 127 g/mol. The molecular formula is C7H10N2. The maximum absolute atomic E-state index is 7.40. The maximum Gasteiger partial charge on any atom is 0.123 e. The Labute approximate surface area is 61.7 Å². The van der Waals surface area contributed by atoms with Gasteiger partial charge in [0.1, 0.15) is 5.82 Å². The van der Waals surface area contributed by atoms with Crippen LogP contribution >= 0.6 is 0 Å². The molecule has 2 nitrogen and oxygen atoms in total. The number of pyridine rings is 1. The van der Waals surface area contributed by atoms with E-state index >= 15 is 0 Å². The van der Waals surface area contributed by atoms with E-state index in [1.165, 1.54) is 18.2 Å². The Hall–Kier alpha value is -1.05. The van der Waals surface area contributed by atoms with Gasteiger partial charge in [0.25, 0.3) is 0 Å². The van der Waals surface area contributed by atoms with Gasteiger partial charge in [-0.1, -0.05) is 12.9 Å². The number of anilines is 1. The quantitative estimate of drug-likeness (QED) is 0.616. The van der Waals surface area contributed by atoms with Crippen LogP contribution in [-0.4, -0.2) is 4.98 Å². The summed E-state index contributed by atoms with van der Waals surface area (Å²) in [4.78, 5) is 3.65. The first-order valence-corrected chi connectivity index (χ1v) is 2.48. The van der Waals surface area contributed by atoms with Crippen LogP contribution in [0.3, 0.4) is 0 Å². The fourth-order valence-electron chi connectivity index (χ4n) is 0.521. The van der Waals surface area contributed by atoms with Crippen LogP contribution in [0.25, 0.3) is 0 Å². The monoisotopic (exact) mass is 127 g/mol. The highest BCUT2D eigenvalue weighted by atomic mass is 14.8. The summed E-state index contributed by atoms with van der Waals surface area (Å²) in [6.07, 6.45) is -2.47. The molecule has 0 spiro atoms. The maximum atomic E-state index is 7.40. The fourth-order valence-corrected chi connectivity index (χ4v) is 0.521. The molecule has 0 aromatic carbocycles. The number of nitrogen functional groups attached to an aromatic ring is 1. The van der Waals surface area contributed by atoms with Crippen LogP contribution < -0.4 is 5.73 Å². The third-order valence-corrected chi connectivity index (χ3v) is 0.899. The van der Waals surface area contributed by atoms with Crippen molar-refractivity contribution in [3.63, 3.8) is 0 Å². The Bertz CT molecular complexity index is 333. The van der Waals surface area contributed by atoms with Crippen molar-refractivity contribution in [2.75, 3.05) is 5.73 Å². The number of aromatic nitrogens is 1. The zero-order valence-corrected chi connectivity index (χ0v) is 4.76. The molecule has 0 fully saturated rings. The van der Waals surface area contributed by atoms with Crippen LogP contribution in [0.15, 0.2) is 18.2 Å². The third-order valence-electron chi connectivity index (χ3n) is 0.899. The van der Waals surface area contributed by atoms with Gasteiger partial charge in [0, 0.05) is 12.5 Å². The molecule has 0 unspecified atom stereocenters. The van der Waals surface area contributed by atoms with Crippen LogP contribution in [0.5, 0.6) is 0 Å². The number of nitrogens with zero attached hydrogens (tertiary/aromatic N) is 1. The minimum Gasteiger partial charge on any atom is -0.384 e. The van der Waals surface area contributed by atoms with Gasteiger partial charge in [-0.25, -0.2) is 4.98 Å². The Morgan fingerprint density at radius 3 is 3.44 bits per heavy atom. The van der Waals surface area contributed by atoms with Crippen molar-refractivity contribution in [2.24, 2.45) is 0 Å². The van der Waals surface area contributed by atoms with E-state index in [0.29, 0.717) is 0 Å². The smallest absolute Gasteiger partial charge is 0.123 e. The highest BCUT2D eigenvalue weighted by Crippen LogP contribution is 1.99. The highest BCUT2D eigenvalue weighted by Gasteiger charge is 1.87. The summed E-state index contributed by atoms with van der Waals surface area (Å²) < 4.78 is 35.9. The first-order chi connectivity index (χ1) is 6.25. The van der Waals surface area contributed by atoms with Gasteiger partial charge in [-0.05, 0) is 18.5 Å². The molecule has 0 saturated heterocycles. The molecule has 2 heteroatoms. The lowest BCUT2D eigenvalue weighted by Gasteiger charge is -1.94. The number of aryl methyl sites for hydroxylation is 1. The van der Waals surface area contributed by atoms with Crippen molar-refractivity contribution in [2.45, 2.75) is 13.2 Å². The largest absolute Gasteiger partial charge is 0.384 e. The predicted molar refractivity (Wildman–Crippen MR) is 38.0 cm³/mol. The van der Waals surface area contributed by atoms with E-state index in [9.17, 15) is 0 Å². The van der Waals surface area contributed by atoms with Gasteiger partial charge in [0.05, 0.1) is 0 Å². The number of hydrogen-bond donors (Lipinski definition) is 1. The van der Waals surface area contributed by atoms with Crippen LogP contribution in [0.4, 0.5) is 5.82 Å². The minimum atomic E-state index is -2.74. The molecule has 48 valence electrons. The van der Waals surface area contributed by atoms with Gasteiger partial charge in [-0.2, -0.15) is 0 Å². The second-order valence-electron chi connectivity index (χ2n) is 1.57. The molecule has 1 aromatic rings. The summed E-state index contributed by atoms with van der Waals surface area (Å²) in [5.74, 6) is 0.107. The first-order valence-electron chi connectivity index (χ1n) is 4.98. The van der Waals surface area contributed by atoms with Crippen LogP contribution in [-0.2, 0) is 6.37 Å². The molecule has 0 aliphatic carbocycles. The molecule has 0 aliphatic rings. The molecule has 0 atom stereocenters. The molecule has 1 aromatic heterocycles. The van der Waals surface area contributed by atoms with E-state index in [2.05, 4.69) is 4.98 Å². The summed E-state index contributed by atoms with van der Waals surface area (Å²) >= 11 is 0. The second kappa shape index (κ2) is 2.49. The summed E-state index contributed by atoms with van der Waals surface area (Å²) in [6, 6.07) is 4.25. The fraction of sp³-hybridized carbons (Fsp3) is 0.286. The normalized spacial score (nSPS) is 20.7. The number of rotatable bonds is 1. The van der Waals surface area contributed by atoms with Crippen molar-refractivity contribution >= 4 is 5.82 Å². The standard InChI is InChI=1S/C7H10N2/c1-2-6-4-3-5-7(8)9-6/h3-5H,2H2,1H3,(H2,8,9)/i1D3,2D2. The Kier molecular flexibility index (Phi) is 0.632. The first kappa shape index (κ1) is 2.29. The molecule has 0 saturated carbocycles. The molecule has 9 heavy (non-hydrogen) atoms. The second-order valence-corrected chi connectivity index (χ2v) is 1.57. The Balaban J connectivity index is 3.16. The SMILES string of the molecule is [2H]C([2H])([2H])C([2H])([2H])c1cccc(N)n1. The molecule has 1 rings (SSSR count). The molecule has 0 radical (unpaired) electrons. The van der Waals surface area contributed by atoms with Gasteiger partial charge >= 0.3 is 0 Å². The van der Waals surface area contributed by atoms with Crippen molar-refractivity contribution in [1.82, 2.24) is 4.98 Å². The van der Waals surface area contributed by atoms with Gasteiger partial charge in [-0.3, -0.25) is 0 Å². The van der Waals surface area contributed by atoms with E-state index in [4.69, 9.17) is 12.6 Å². The molecule has 1 heterocycles. The van der Waals surface area contributed by atoms with E-state index in [1.807, 2.05) is 0 Å². The summed E-state index contributed by atoms with van der Waals surface area (Å²) in [5, 5.41) is 0. The Morgan fingerprint density at radius 2 is 2.78 bits per heavy atom. The molecular weight excluding hydrogens is 112 g/mol. The Morgan fingerprint density at radius 1 is 1.89 bits per heavy atom. The van der Waals surface area contributed by atoms with Crippen molar-refractivity contribution < 1.29 is 6.85 Å². The van der Waals surface area contributed by atoms with E-state index in [-0.39, 0.29) is 11.5 Å². The van der Waals surface area contributed by atoms with Gasteiger partial charge in [-0.15, -0.1) is 0 Å². The highest BCUT2D eigenvalue weighted by molar-refractivity contribution is 5.28. The van der Waals surface area contributed by atoms with E-state index in [1.54, 1.807) is 0 Å². The van der Waals surface area contributed by atoms with E-state index in [0.717, 1.165) is 0 Å². The van der Waals surface area contributed by atoms with E-state index < -0.39 is 13.2 Å².